The minimum atomic E-state index is -0.254. The van der Waals surface area contributed by atoms with Gasteiger partial charge < -0.3 is 5.32 Å². The first-order valence-corrected chi connectivity index (χ1v) is 10.5. The number of fused-ring (bicyclic) bond motifs is 1. The molecule has 2 aromatic heterocycles. The van der Waals surface area contributed by atoms with Crippen LogP contribution in [0.2, 0.25) is 0 Å². The molecule has 0 bridgehead atoms. The second kappa shape index (κ2) is 7.63. The smallest absolute Gasteiger partial charge is 0.233 e. The first-order chi connectivity index (χ1) is 12.7. The number of nitrogens with one attached hydrogen (secondary N) is 2. The van der Waals surface area contributed by atoms with Crippen molar-refractivity contribution in [3.05, 3.63) is 52.9 Å². The molecule has 0 saturated carbocycles. The summed E-state index contributed by atoms with van der Waals surface area (Å²) < 4.78 is 0. The molecule has 0 fully saturated rings. The van der Waals surface area contributed by atoms with Gasteiger partial charge in [0.05, 0.1) is 16.2 Å². The SMILES string of the molecule is C[C@H](Sc1n[nH]c(-c2cccs2)n1)C(=O)N[C@@H]1CCCc2ccccc21. The van der Waals surface area contributed by atoms with Gasteiger partial charge in [-0.1, -0.05) is 42.1 Å². The highest BCUT2D eigenvalue weighted by Crippen LogP contribution is 2.30. The Morgan fingerprint density at radius 3 is 3.08 bits per heavy atom. The van der Waals surface area contributed by atoms with Gasteiger partial charge in [0.25, 0.3) is 0 Å². The number of amides is 1. The van der Waals surface area contributed by atoms with Crippen LogP contribution < -0.4 is 5.32 Å². The van der Waals surface area contributed by atoms with Gasteiger partial charge in [-0.3, -0.25) is 9.89 Å². The number of benzene rings is 1. The van der Waals surface area contributed by atoms with Gasteiger partial charge in [0.1, 0.15) is 0 Å². The number of nitrogens with zero attached hydrogens (tertiary/aromatic N) is 2. The number of rotatable bonds is 5. The van der Waals surface area contributed by atoms with Crippen LogP contribution in [-0.4, -0.2) is 26.3 Å². The van der Waals surface area contributed by atoms with Crippen molar-refractivity contribution in [1.29, 1.82) is 0 Å². The maximum absolute atomic E-state index is 12.7. The zero-order chi connectivity index (χ0) is 17.9. The van der Waals surface area contributed by atoms with Crippen molar-refractivity contribution in [2.45, 2.75) is 42.6 Å². The molecule has 4 rings (SSSR count). The molecule has 2 heterocycles. The van der Waals surface area contributed by atoms with E-state index in [0.717, 1.165) is 30.0 Å². The predicted octanol–water partition coefficient (Wildman–Crippen LogP) is 4.21. The highest BCUT2D eigenvalue weighted by molar-refractivity contribution is 8.00. The summed E-state index contributed by atoms with van der Waals surface area (Å²) in [6, 6.07) is 12.5. The van der Waals surface area contributed by atoms with E-state index in [0.29, 0.717) is 5.16 Å². The molecule has 26 heavy (non-hydrogen) atoms. The highest BCUT2D eigenvalue weighted by atomic mass is 32.2. The number of thioether (sulfide) groups is 1. The fraction of sp³-hybridized carbons (Fsp3) is 0.316. The fourth-order valence-corrected chi connectivity index (χ4v) is 4.62. The molecule has 1 aromatic carbocycles. The summed E-state index contributed by atoms with van der Waals surface area (Å²) in [6.45, 7) is 1.90. The van der Waals surface area contributed by atoms with Crippen molar-refractivity contribution in [2.75, 3.05) is 0 Å². The molecule has 2 atom stereocenters. The molecule has 3 aromatic rings. The summed E-state index contributed by atoms with van der Waals surface area (Å²) in [6.07, 6.45) is 3.19. The molecule has 0 saturated heterocycles. The van der Waals surface area contributed by atoms with Crippen molar-refractivity contribution in [2.24, 2.45) is 0 Å². The molecule has 134 valence electrons. The molecular formula is C19H20N4OS2. The summed E-state index contributed by atoms with van der Waals surface area (Å²) in [7, 11) is 0. The number of H-pyrrole nitrogens is 1. The first-order valence-electron chi connectivity index (χ1n) is 8.72. The van der Waals surface area contributed by atoms with Crippen LogP contribution in [0.5, 0.6) is 0 Å². The Bertz CT molecular complexity index is 891. The number of hydrogen-bond acceptors (Lipinski definition) is 5. The molecule has 1 amide bonds. The van der Waals surface area contributed by atoms with E-state index in [1.807, 2.05) is 30.5 Å². The molecule has 0 spiro atoms. The molecule has 0 radical (unpaired) electrons. The predicted molar refractivity (Wildman–Crippen MR) is 105 cm³/mol. The summed E-state index contributed by atoms with van der Waals surface area (Å²) in [5.41, 5.74) is 2.60. The summed E-state index contributed by atoms with van der Waals surface area (Å²) >= 11 is 2.99. The van der Waals surface area contributed by atoms with Gasteiger partial charge in [-0.15, -0.1) is 16.4 Å². The Morgan fingerprint density at radius 2 is 2.23 bits per heavy atom. The average Bonchev–Trinajstić information content (AvgIpc) is 3.33. The van der Waals surface area contributed by atoms with Gasteiger partial charge in [0, 0.05) is 0 Å². The van der Waals surface area contributed by atoms with Gasteiger partial charge in [-0.2, -0.15) is 0 Å². The Kier molecular flexibility index (Phi) is 5.08. The first kappa shape index (κ1) is 17.3. The normalized spacial score (nSPS) is 17.5. The lowest BCUT2D eigenvalue weighted by Gasteiger charge is -2.27. The Labute approximate surface area is 160 Å². The molecule has 5 nitrogen and oxygen atoms in total. The maximum Gasteiger partial charge on any atom is 0.233 e. The number of aromatic nitrogens is 3. The van der Waals surface area contributed by atoms with E-state index in [1.54, 1.807) is 11.3 Å². The van der Waals surface area contributed by atoms with Gasteiger partial charge in [-0.25, -0.2) is 4.98 Å². The number of carbonyl (C=O) groups is 1. The van der Waals surface area contributed by atoms with Gasteiger partial charge in [0.2, 0.25) is 11.1 Å². The fourth-order valence-electron chi connectivity index (χ4n) is 3.23. The topological polar surface area (TPSA) is 70.7 Å². The van der Waals surface area contributed by atoms with Crippen LogP contribution in [-0.2, 0) is 11.2 Å². The van der Waals surface area contributed by atoms with Gasteiger partial charge in [-0.05, 0) is 48.8 Å². The van der Waals surface area contributed by atoms with Crippen LogP contribution in [0.25, 0.3) is 10.7 Å². The van der Waals surface area contributed by atoms with E-state index in [-0.39, 0.29) is 17.2 Å². The van der Waals surface area contributed by atoms with E-state index < -0.39 is 0 Å². The Balaban J connectivity index is 1.40. The van der Waals surface area contributed by atoms with Crippen LogP contribution in [0.1, 0.15) is 36.9 Å². The second-order valence-electron chi connectivity index (χ2n) is 6.36. The quantitative estimate of drug-likeness (QED) is 0.647. The molecular weight excluding hydrogens is 364 g/mol. The Hall–Kier alpha value is -2.12. The lowest BCUT2D eigenvalue weighted by Crippen LogP contribution is -2.35. The summed E-state index contributed by atoms with van der Waals surface area (Å²) in [5, 5.41) is 12.7. The van der Waals surface area contributed by atoms with E-state index in [1.165, 1.54) is 22.9 Å². The number of aromatic amines is 1. The Morgan fingerprint density at radius 1 is 1.35 bits per heavy atom. The van der Waals surface area contributed by atoms with Crippen molar-refractivity contribution in [3.8, 4) is 10.7 Å². The largest absolute Gasteiger partial charge is 0.348 e. The number of hydrogen-bond donors (Lipinski definition) is 2. The van der Waals surface area contributed by atoms with Crippen LogP contribution in [0.3, 0.4) is 0 Å². The third-order valence-electron chi connectivity index (χ3n) is 4.56. The highest BCUT2D eigenvalue weighted by Gasteiger charge is 2.24. The maximum atomic E-state index is 12.7. The van der Waals surface area contributed by atoms with Crippen molar-refractivity contribution in [3.63, 3.8) is 0 Å². The van der Waals surface area contributed by atoms with Gasteiger partial charge >= 0.3 is 0 Å². The lowest BCUT2D eigenvalue weighted by molar-refractivity contribution is -0.121. The van der Waals surface area contributed by atoms with Crippen LogP contribution in [0, 0.1) is 0 Å². The van der Waals surface area contributed by atoms with Crippen molar-refractivity contribution >= 4 is 29.0 Å². The standard InChI is InChI=1S/C19H20N4OS2/c1-12(26-19-21-17(22-23-19)16-10-5-11-25-16)18(24)20-15-9-4-7-13-6-2-3-8-14(13)15/h2-3,5-6,8,10-12,15H,4,7,9H2,1H3,(H,20,24)(H,21,22,23)/t12-,15+/m0/s1. The molecule has 1 aliphatic carbocycles. The summed E-state index contributed by atoms with van der Waals surface area (Å²) in [5.74, 6) is 0.774. The molecule has 7 heteroatoms. The lowest BCUT2D eigenvalue weighted by atomic mass is 9.88. The summed E-state index contributed by atoms with van der Waals surface area (Å²) in [4.78, 5) is 18.2. The second-order valence-corrected chi connectivity index (χ2v) is 8.61. The zero-order valence-electron chi connectivity index (χ0n) is 14.4. The van der Waals surface area contributed by atoms with Crippen molar-refractivity contribution in [1.82, 2.24) is 20.5 Å². The number of carbonyl (C=O) groups excluding carboxylic acids is 1. The van der Waals surface area contributed by atoms with Crippen LogP contribution >= 0.6 is 23.1 Å². The third-order valence-corrected chi connectivity index (χ3v) is 6.39. The number of aryl methyl sites for hydroxylation is 1. The van der Waals surface area contributed by atoms with Gasteiger partial charge in [0.15, 0.2) is 5.82 Å². The van der Waals surface area contributed by atoms with Crippen molar-refractivity contribution < 1.29 is 4.79 Å². The van der Waals surface area contributed by atoms with Crippen LogP contribution in [0.4, 0.5) is 0 Å². The zero-order valence-corrected chi connectivity index (χ0v) is 16.1. The number of thiophene rings is 1. The van der Waals surface area contributed by atoms with E-state index in [2.05, 4.69) is 38.7 Å². The average molecular weight is 385 g/mol. The van der Waals surface area contributed by atoms with E-state index in [9.17, 15) is 4.79 Å². The minimum absolute atomic E-state index is 0.0270. The van der Waals surface area contributed by atoms with Crippen LogP contribution in [0.15, 0.2) is 46.9 Å². The monoisotopic (exact) mass is 384 g/mol. The molecule has 1 aliphatic rings. The molecule has 0 aliphatic heterocycles. The molecule has 0 unspecified atom stereocenters. The minimum Gasteiger partial charge on any atom is -0.348 e. The third kappa shape index (κ3) is 3.68. The van der Waals surface area contributed by atoms with E-state index >= 15 is 0 Å². The molecule has 2 N–H and O–H groups in total. The van der Waals surface area contributed by atoms with E-state index in [4.69, 9.17) is 0 Å².